The number of para-hydroxylation sites is 1. The van der Waals surface area contributed by atoms with Crippen LogP contribution in [0.3, 0.4) is 0 Å². The van der Waals surface area contributed by atoms with Crippen LogP contribution in [0.25, 0.3) is 11.1 Å². The summed E-state index contributed by atoms with van der Waals surface area (Å²) in [7, 11) is 1.57. The molecule has 0 saturated carbocycles. The summed E-state index contributed by atoms with van der Waals surface area (Å²) in [5, 5.41) is 0. The van der Waals surface area contributed by atoms with Crippen molar-refractivity contribution in [1.82, 2.24) is 0 Å². The Bertz CT molecular complexity index is 480. The summed E-state index contributed by atoms with van der Waals surface area (Å²) in [5.41, 5.74) is 1.84. The third-order valence-electron chi connectivity index (χ3n) is 2.37. The van der Waals surface area contributed by atoms with Crippen LogP contribution in [0.2, 0.25) is 0 Å². The van der Waals surface area contributed by atoms with Gasteiger partial charge in [0.15, 0.2) is 6.79 Å². The van der Waals surface area contributed by atoms with Crippen LogP contribution < -0.4 is 4.74 Å². The molecule has 0 saturated heterocycles. The van der Waals surface area contributed by atoms with Crippen molar-refractivity contribution in [3.63, 3.8) is 0 Å². The summed E-state index contributed by atoms with van der Waals surface area (Å²) >= 11 is 0. The van der Waals surface area contributed by atoms with Crippen LogP contribution in [0, 0.1) is 5.82 Å². The molecule has 0 aliphatic carbocycles. The summed E-state index contributed by atoms with van der Waals surface area (Å²) in [4.78, 5) is 0. The predicted molar refractivity (Wildman–Crippen MR) is 64.3 cm³/mol. The zero-order valence-corrected chi connectivity index (χ0v) is 9.52. The van der Waals surface area contributed by atoms with E-state index in [4.69, 9.17) is 9.47 Å². The second kappa shape index (κ2) is 5.46. The molecule has 0 atom stereocenters. The highest BCUT2D eigenvalue weighted by molar-refractivity contribution is 5.70. The van der Waals surface area contributed by atoms with E-state index in [-0.39, 0.29) is 12.6 Å². The molecule has 2 aromatic carbocycles. The van der Waals surface area contributed by atoms with Crippen LogP contribution in [0.1, 0.15) is 0 Å². The van der Waals surface area contributed by atoms with Crippen molar-refractivity contribution in [2.24, 2.45) is 0 Å². The van der Waals surface area contributed by atoms with Crippen molar-refractivity contribution in [3.05, 3.63) is 54.3 Å². The Morgan fingerprint density at radius 2 is 1.71 bits per heavy atom. The number of hydrogen-bond acceptors (Lipinski definition) is 2. The molecule has 0 radical (unpaired) electrons. The van der Waals surface area contributed by atoms with Gasteiger partial charge in [0, 0.05) is 12.7 Å². The van der Waals surface area contributed by atoms with Crippen LogP contribution in [0.15, 0.2) is 48.5 Å². The maximum absolute atomic E-state index is 12.9. The molecule has 2 nitrogen and oxygen atoms in total. The fourth-order valence-corrected chi connectivity index (χ4v) is 1.58. The van der Waals surface area contributed by atoms with Gasteiger partial charge in [-0.25, -0.2) is 4.39 Å². The van der Waals surface area contributed by atoms with E-state index in [1.54, 1.807) is 19.2 Å². The third kappa shape index (κ3) is 2.82. The van der Waals surface area contributed by atoms with E-state index in [0.29, 0.717) is 0 Å². The summed E-state index contributed by atoms with van der Waals surface area (Å²) in [5.74, 6) is 0.477. The quantitative estimate of drug-likeness (QED) is 0.751. The minimum absolute atomic E-state index is 0.193. The van der Waals surface area contributed by atoms with Crippen LogP contribution in [0.5, 0.6) is 5.75 Å². The number of ether oxygens (including phenoxy) is 2. The number of benzene rings is 2. The summed E-state index contributed by atoms with van der Waals surface area (Å²) in [6.07, 6.45) is 0. The standard InChI is InChI=1S/C14H13FO2/c1-16-10-17-14-5-3-2-4-13(14)11-6-8-12(15)9-7-11/h2-9H,10H2,1H3. The van der Waals surface area contributed by atoms with E-state index < -0.39 is 0 Å². The molecule has 0 bridgehead atoms. The van der Waals surface area contributed by atoms with E-state index in [0.717, 1.165) is 16.9 Å². The normalized spacial score (nSPS) is 10.2. The third-order valence-corrected chi connectivity index (χ3v) is 2.37. The molecular weight excluding hydrogens is 219 g/mol. The van der Waals surface area contributed by atoms with Gasteiger partial charge in [-0.15, -0.1) is 0 Å². The Hall–Kier alpha value is -1.87. The molecule has 88 valence electrons. The van der Waals surface area contributed by atoms with Crippen LogP contribution in [-0.2, 0) is 4.74 Å². The zero-order valence-electron chi connectivity index (χ0n) is 9.52. The minimum Gasteiger partial charge on any atom is -0.467 e. The van der Waals surface area contributed by atoms with Gasteiger partial charge in [-0.3, -0.25) is 0 Å². The van der Waals surface area contributed by atoms with Gasteiger partial charge < -0.3 is 9.47 Å². The number of hydrogen-bond donors (Lipinski definition) is 0. The van der Waals surface area contributed by atoms with Crippen LogP contribution >= 0.6 is 0 Å². The Kier molecular flexibility index (Phi) is 3.73. The van der Waals surface area contributed by atoms with E-state index in [1.807, 2.05) is 24.3 Å². The molecule has 2 aromatic rings. The first-order chi connectivity index (χ1) is 8.31. The summed E-state index contributed by atoms with van der Waals surface area (Å²) in [6.45, 7) is 0.193. The first kappa shape index (κ1) is 11.6. The lowest BCUT2D eigenvalue weighted by Crippen LogP contribution is -2.00. The van der Waals surface area contributed by atoms with E-state index in [9.17, 15) is 4.39 Å². The first-order valence-electron chi connectivity index (χ1n) is 5.28. The maximum atomic E-state index is 12.9. The van der Waals surface area contributed by atoms with Gasteiger partial charge in [-0.05, 0) is 23.8 Å². The molecule has 17 heavy (non-hydrogen) atoms. The summed E-state index contributed by atoms with van der Waals surface area (Å²) < 4.78 is 23.2. The molecule has 3 heteroatoms. The molecule has 2 rings (SSSR count). The fourth-order valence-electron chi connectivity index (χ4n) is 1.58. The van der Waals surface area contributed by atoms with Crippen molar-refractivity contribution < 1.29 is 13.9 Å². The summed E-state index contributed by atoms with van der Waals surface area (Å²) in [6, 6.07) is 13.9. The lowest BCUT2D eigenvalue weighted by molar-refractivity contribution is 0.0515. The van der Waals surface area contributed by atoms with Gasteiger partial charge in [-0.2, -0.15) is 0 Å². The predicted octanol–water partition coefficient (Wildman–Crippen LogP) is 3.48. The van der Waals surface area contributed by atoms with Gasteiger partial charge in [0.2, 0.25) is 0 Å². The van der Waals surface area contributed by atoms with Crippen molar-refractivity contribution in [2.75, 3.05) is 13.9 Å². The molecule has 0 spiro atoms. The molecule has 0 N–H and O–H groups in total. The SMILES string of the molecule is COCOc1ccccc1-c1ccc(F)cc1. The van der Waals surface area contributed by atoms with E-state index in [1.165, 1.54) is 12.1 Å². The largest absolute Gasteiger partial charge is 0.467 e. The van der Waals surface area contributed by atoms with Gasteiger partial charge in [-0.1, -0.05) is 30.3 Å². The Labute approximate surface area is 99.6 Å². The first-order valence-corrected chi connectivity index (χ1v) is 5.28. The lowest BCUT2D eigenvalue weighted by Gasteiger charge is -2.10. The van der Waals surface area contributed by atoms with E-state index in [2.05, 4.69) is 0 Å². The monoisotopic (exact) mass is 232 g/mol. The smallest absolute Gasteiger partial charge is 0.188 e. The minimum atomic E-state index is -0.246. The Morgan fingerprint density at radius 3 is 2.41 bits per heavy atom. The molecule has 0 amide bonds. The van der Waals surface area contributed by atoms with Gasteiger partial charge in [0.25, 0.3) is 0 Å². The van der Waals surface area contributed by atoms with Crippen molar-refractivity contribution in [2.45, 2.75) is 0 Å². The molecular formula is C14H13FO2. The molecule has 0 aliphatic heterocycles. The van der Waals surface area contributed by atoms with Crippen molar-refractivity contribution >= 4 is 0 Å². The highest BCUT2D eigenvalue weighted by Gasteiger charge is 2.05. The molecule has 0 unspecified atom stereocenters. The number of halogens is 1. The average molecular weight is 232 g/mol. The second-order valence-corrected chi connectivity index (χ2v) is 3.55. The topological polar surface area (TPSA) is 18.5 Å². The number of methoxy groups -OCH3 is 1. The van der Waals surface area contributed by atoms with Crippen molar-refractivity contribution in [3.8, 4) is 16.9 Å². The zero-order chi connectivity index (χ0) is 12.1. The number of rotatable bonds is 4. The molecule has 0 aromatic heterocycles. The van der Waals surface area contributed by atoms with Crippen LogP contribution in [-0.4, -0.2) is 13.9 Å². The van der Waals surface area contributed by atoms with Gasteiger partial charge in [0.05, 0.1) is 0 Å². The Balaban J connectivity index is 2.33. The fraction of sp³-hybridized carbons (Fsp3) is 0.143. The highest BCUT2D eigenvalue weighted by Crippen LogP contribution is 2.29. The van der Waals surface area contributed by atoms with Crippen molar-refractivity contribution in [1.29, 1.82) is 0 Å². The van der Waals surface area contributed by atoms with Crippen LogP contribution in [0.4, 0.5) is 4.39 Å². The van der Waals surface area contributed by atoms with E-state index >= 15 is 0 Å². The molecule has 0 heterocycles. The van der Waals surface area contributed by atoms with Gasteiger partial charge >= 0.3 is 0 Å². The maximum Gasteiger partial charge on any atom is 0.188 e. The average Bonchev–Trinajstić information content (AvgIpc) is 2.38. The second-order valence-electron chi connectivity index (χ2n) is 3.55. The lowest BCUT2D eigenvalue weighted by atomic mass is 10.0. The molecule has 0 fully saturated rings. The highest BCUT2D eigenvalue weighted by atomic mass is 19.1. The van der Waals surface area contributed by atoms with Gasteiger partial charge in [0.1, 0.15) is 11.6 Å². The molecule has 0 aliphatic rings. The Morgan fingerprint density at radius 1 is 1.00 bits per heavy atom.